The van der Waals surface area contributed by atoms with Gasteiger partial charge >= 0.3 is 11.9 Å². The van der Waals surface area contributed by atoms with E-state index in [-0.39, 0.29) is 0 Å². The number of carbonyl (C=O) groups is 2. The van der Waals surface area contributed by atoms with E-state index in [1.165, 1.54) is 14.2 Å². The zero-order valence-electron chi connectivity index (χ0n) is 17.8. The monoisotopic (exact) mass is 417 g/mol. The normalized spacial score (nSPS) is 18.6. The molecule has 4 rings (SSSR count). The van der Waals surface area contributed by atoms with Gasteiger partial charge in [-0.1, -0.05) is 36.4 Å². The van der Waals surface area contributed by atoms with Crippen molar-refractivity contribution in [1.29, 1.82) is 0 Å². The van der Waals surface area contributed by atoms with Crippen LogP contribution in [0.25, 0.3) is 16.8 Å². The molecule has 0 N–H and O–H groups in total. The van der Waals surface area contributed by atoms with Crippen molar-refractivity contribution in [2.24, 2.45) is 10.9 Å². The Morgan fingerprint density at radius 3 is 2.35 bits per heavy atom. The molecular formula is C24H23N3O4. The van der Waals surface area contributed by atoms with Gasteiger partial charge in [0.15, 0.2) is 0 Å². The Hall–Kier alpha value is -3.74. The molecule has 0 bridgehead atoms. The summed E-state index contributed by atoms with van der Waals surface area (Å²) in [7, 11) is 2.66. The fourth-order valence-electron chi connectivity index (χ4n) is 4.29. The number of rotatable bonds is 4. The Morgan fingerprint density at radius 1 is 0.968 bits per heavy atom. The number of aromatic nitrogens is 2. The number of carbonyl (C=O) groups excluding carboxylic acids is 2. The standard InChI is InChI=1S/C24H23N3O4/c1-14-18(23(28)30-3)21(19(15(2)25-14)24(29)31-4)20-17-12-8-9-13-27(17)26-22(20)16-10-6-5-7-11-16/h5-13,18,21H,1-4H3. The summed E-state index contributed by atoms with van der Waals surface area (Å²) in [5.74, 6) is -2.43. The topological polar surface area (TPSA) is 82.3 Å². The fraction of sp³-hybridized carbons (Fsp3) is 0.250. The summed E-state index contributed by atoms with van der Waals surface area (Å²) in [5.41, 5.74) is 4.56. The van der Waals surface area contributed by atoms with Gasteiger partial charge in [0, 0.05) is 34.7 Å². The van der Waals surface area contributed by atoms with Gasteiger partial charge < -0.3 is 9.47 Å². The van der Waals surface area contributed by atoms with Crippen LogP contribution in [0.1, 0.15) is 25.3 Å². The Labute approximate surface area is 180 Å². The molecule has 0 radical (unpaired) electrons. The molecule has 0 saturated heterocycles. The first-order valence-electron chi connectivity index (χ1n) is 9.92. The Balaban J connectivity index is 2.09. The average molecular weight is 417 g/mol. The first-order valence-corrected chi connectivity index (χ1v) is 9.92. The largest absolute Gasteiger partial charge is 0.468 e. The van der Waals surface area contributed by atoms with Crippen molar-refractivity contribution in [2.45, 2.75) is 19.8 Å². The minimum Gasteiger partial charge on any atom is -0.468 e. The molecule has 0 spiro atoms. The lowest BCUT2D eigenvalue weighted by molar-refractivity contribution is -0.143. The van der Waals surface area contributed by atoms with Gasteiger partial charge in [0.1, 0.15) is 5.92 Å². The summed E-state index contributed by atoms with van der Waals surface area (Å²) < 4.78 is 12.0. The van der Waals surface area contributed by atoms with E-state index in [2.05, 4.69) is 4.99 Å². The van der Waals surface area contributed by atoms with E-state index in [4.69, 9.17) is 14.6 Å². The van der Waals surface area contributed by atoms with Crippen LogP contribution in [-0.2, 0) is 19.1 Å². The van der Waals surface area contributed by atoms with Crippen LogP contribution in [0.3, 0.4) is 0 Å². The van der Waals surface area contributed by atoms with Crippen LogP contribution in [0.15, 0.2) is 71.0 Å². The molecule has 0 aliphatic carbocycles. The van der Waals surface area contributed by atoms with Gasteiger partial charge in [0.2, 0.25) is 0 Å². The maximum absolute atomic E-state index is 12.9. The molecule has 7 nitrogen and oxygen atoms in total. The SMILES string of the molecule is COC(=O)C1=C(C)N=C(C)C(C(=O)OC)C1c1c(-c2ccccc2)nn2ccccc12. The summed E-state index contributed by atoms with van der Waals surface area (Å²) in [6, 6.07) is 15.4. The average Bonchev–Trinajstić information content (AvgIpc) is 3.17. The van der Waals surface area contributed by atoms with Gasteiger partial charge in [-0.3, -0.25) is 9.79 Å². The zero-order valence-corrected chi connectivity index (χ0v) is 17.8. The number of benzene rings is 1. The fourth-order valence-corrected chi connectivity index (χ4v) is 4.29. The van der Waals surface area contributed by atoms with Gasteiger partial charge in [-0.25, -0.2) is 9.31 Å². The lowest BCUT2D eigenvalue weighted by Gasteiger charge is -2.31. The van der Waals surface area contributed by atoms with Crippen LogP contribution >= 0.6 is 0 Å². The minimum absolute atomic E-state index is 0.333. The smallest absolute Gasteiger partial charge is 0.336 e. The molecular weight excluding hydrogens is 394 g/mol. The number of hydrogen-bond acceptors (Lipinski definition) is 6. The van der Waals surface area contributed by atoms with Crippen molar-refractivity contribution in [1.82, 2.24) is 9.61 Å². The zero-order chi connectivity index (χ0) is 22.1. The molecule has 158 valence electrons. The second kappa shape index (κ2) is 8.18. The third-order valence-corrected chi connectivity index (χ3v) is 5.63. The third-order valence-electron chi connectivity index (χ3n) is 5.63. The summed E-state index contributed by atoms with van der Waals surface area (Å²) in [6.45, 7) is 3.53. The molecule has 31 heavy (non-hydrogen) atoms. The van der Waals surface area contributed by atoms with Gasteiger partial charge in [-0.15, -0.1) is 0 Å². The van der Waals surface area contributed by atoms with E-state index in [1.807, 2.05) is 54.7 Å². The van der Waals surface area contributed by atoms with Crippen molar-refractivity contribution in [3.63, 3.8) is 0 Å². The Bertz CT molecular complexity index is 1220. The van der Waals surface area contributed by atoms with E-state index < -0.39 is 23.8 Å². The first-order chi connectivity index (χ1) is 15.0. The van der Waals surface area contributed by atoms with Gasteiger partial charge in [0.25, 0.3) is 0 Å². The lowest BCUT2D eigenvalue weighted by atomic mass is 9.74. The number of aliphatic imine (C=N–C) groups is 1. The summed E-state index contributed by atoms with van der Waals surface area (Å²) >= 11 is 0. The molecule has 1 aliphatic rings. The number of pyridine rings is 1. The first kappa shape index (κ1) is 20.5. The summed E-state index contributed by atoms with van der Waals surface area (Å²) in [5, 5.41) is 4.80. The van der Waals surface area contributed by atoms with Gasteiger partial charge in [-0.2, -0.15) is 5.10 Å². The number of ether oxygens (including phenoxy) is 2. The highest BCUT2D eigenvalue weighted by atomic mass is 16.5. The van der Waals surface area contributed by atoms with Crippen LogP contribution in [0.2, 0.25) is 0 Å². The summed E-state index contributed by atoms with van der Waals surface area (Å²) in [6.07, 6.45) is 1.84. The van der Waals surface area contributed by atoms with Crippen molar-refractivity contribution in [3.8, 4) is 11.3 Å². The number of allylic oxidation sites excluding steroid dienone is 1. The molecule has 0 saturated carbocycles. The molecule has 3 aromatic rings. The van der Waals surface area contributed by atoms with E-state index in [0.717, 1.165) is 16.6 Å². The highest BCUT2D eigenvalue weighted by Crippen LogP contribution is 2.45. The molecule has 7 heteroatoms. The molecule has 2 atom stereocenters. The van der Waals surface area contributed by atoms with Crippen LogP contribution in [0, 0.1) is 5.92 Å². The third kappa shape index (κ3) is 3.42. The van der Waals surface area contributed by atoms with Crippen molar-refractivity contribution < 1.29 is 19.1 Å². The van der Waals surface area contributed by atoms with Crippen LogP contribution in [-0.4, -0.2) is 41.5 Å². The summed E-state index contributed by atoms with van der Waals surface area (Å²) in [4.78, 5) is 30.3. The minimum atomic E-state index is -0.779. The lowest BCUT2D eigenvalue weighted by Crippen LogP contribution is -2.36. The van der Waals surface area contributed by atoms with Gasteiger partial charge in [0.05, 0.1) is 31.0 Å². The van der Waals surface area contributed by atoms with Crippen molar-refractivity contribution >= 4 is 23.2 Å². The number of esters is 2. The van der Waals surface area contributed by atoms with Crippen LogP contribution < -0.4 is 0 Å². The van der Waals surface area contributed by atoms with E-state index in [9.17, 15) is 9.59 Å². The highest BCUT2D eigenvalue weighted by molar-refractivity contribution is 6.07. The predicted octanol–water partition coefficient (Wildman–Crippen LogP) is 3.80. The molecule has 2 aromatic heterocycles. The highest BCUT2D eigenvalue weighted by Gasteiger charge is 2.44. The molecule has 0 amide bonds. The number of nitrogens with zero attached hydrogens (tertiary/aromatic N) is 3. The molecule has 1 aromatic carbocycles. The number of fused-ring (bicyclic) bond motifs is 1. The Kier molecular flexibility index (Phi) is 5.42. The van der Waals surface area contributed by atoms with Crippen molar-refractivity contribution in [2.75, 3.05) is 14.2 Å². The van der Waals surface area contributed by atoms with Crippen LogP contribution in [0.5, 0.6) is 0 Å². The van der Waals surface area contributed by atoms with Crippen molar-refractivity contribution in [3.05, 3.63) is 71.6 Å². The molecule has 1 aliphatic heterocycles. The van der Waals surface area contributed by atoms with E-state index in [0.29, 0.717) is 22.7 Å². The quantitative estimate of drug-likeness (QED) is 0.603. The van der Waals surface area contributed by atoms with E-state index >= 15 is 0 Å². The van der Waals surface area contributed by atoms with Crippen LogP contribution in [0.4, 0.5) is 0 Å². The Morgan fingerprint density at radius 2 is 1.68 bits per heavy atom. The molecule has 2 unspecified atom stereocenters. The maximum Gasteiger partial charge on any atom is 0.336 e. The number of methoxy groups -OCH3 is 2. The predicted molar refractivity (Wildman–Crippen MR) is 117 cm³/mol. The second-order valence-corrected chi connectivity index (χ2v) is 7.38. The van der Waals surface area contributed by atoms with Gasteiger partial charge in [-0.05, 0) is 26.0 Å². The maximum atomic E-state index is 12.9. The second-order valence-electron chi connectivity index (χ2n) is 7.38. The molecule has 0 fully saturated rings. The van der Waals surface area contributed by atoms with E-state index in [1.54, 1.807) is 18.4 Å². The number of hydrogen-bond donors (Lipinski definition) is 0. The molecule has 3 heterocycles.